The number of aryl methyl sites for hydroxylation is 2. The number of amides is 1. The van der Waals surface area contributed by atoms with Gasteiger partial charge in [-0.05, 0) is 82.1 Å². The highest BCUT2D eigenvalue weighted by molar-refractivity contribution is 5.95. The fraction of sp³-hybridized carbons (Fsp3) is 0.586. The maximum atomic E-state index is 13.6. The van der Waals surface area contributed by atoms with Crippen molar-refractivity contribution in [3.05, 3.63) is 47.5 Å². The van der Waals surface area contributed by atoms with Gasteiger partial charge in [0.2, 0.25) is 5.91 Å². The van der Waals surface area contributed by atoms with Crippen molar-refractivity contribution in [1.29, 1.82) is 0 Å². The number of carbonyl (C=O) groups excluding carboxylic acids is 1. The van der Waals surface area contributed by atoms with Gasteiger partial charge < -0.3 is 14.2 Å². The average molecular weight is 504 g/mol. The minimum absolute atomic E-state index is 0.0864. The Morgan fingerprint density at radius 1 is 1.08 bits per heavy atom. The third-order valence-electron chi connectivity index (χ3n) is 7.84. The molecule has 196 valence electrons. The summed E-state index contributed by atoms with van der Waals surface area (Å²) in [7, 11) is 2.06. The molecule has 1 atom stereocenters. The SMILES string of the molecule is Cn1nc(CCCCCN(C(=O)C2CCCOC2)c2cccc(-c3nc(C4CC4)no3)c2)cc1C1CC1. The molecule has 1 aliphatic heterocycles. The normalized spacial score (nSPS) is 19.8. The molecule has 0 spiro atoms. The van der Waals surface area contributed by atoms with Crippen molar-refractivity contribution in [3.8, 4) is 11.5 Å². The van der Waals surface area contributed by atoms with Crippen LogP contribution in [-0.2, 0) is 23.0 Å². The Hall–Kier alpha value is -3.00. The topological polar surface area (TPSA) is 86.3 Å². The van der Waals surface area contributed by atoms with Gasteiger partial charge in [-0.25, -0.2) is 0 Å². The summed E-state index contributed by atoms with van der Waals surface area (Å²) in [5, 5.41) is 8.88. The number of carbonyl (C=O) groups is 1. The Kier molecular flexibility index (Phi) is 7.09. The first-order valence-electron chi connectivity index (χ1n) is 14.0. The summed E-state index contributed by atoms with van der Waals surface area (Å²) < 4.78 is 13.3. The monoisotopic (exact) mass is 503 g/mol. The van der Waals surface area contributed by atoms with Crippen LogP contribution in [0.1, 0.15) is 86.8 Å². The van der Waals surface area contributed by atoms with E-state index in [0.717, 1.165) is 81.0 Å². The van der Waals surface area contributed by atoms with Crippen LogP contribution in [0.4, 0.5) is 5.69 Å². The van der Waals surface area contributed by atoms with Crippen molar-refractivity contribution in [3.63, 3.8) is 0 Å². The molecule has 8 heteroatoms. The Balaban J connectivity index is 1.11. The van der Waals surface area contributed by atoms with Gasteiger partial charge in [-0.2, -0.15) is 10.1 Å². The molecule has 8 nitrogen and oxygen atoms in total. The van der Waals surface area contributed by atoms with Gasteiger partial charge in [0.15, 0.2) is 5.82 Å². The van der Waals surface area contributed by atoms with Gasteiger partial charge in [0.25, 0.3) is 5.89 Å². The predicted octanol–water partition coefficient (Wildman–Crippen LogP) is 5.40. The van der Waals surface area contributed by atoms with Crippen LogP contribution < -0.4 is 4.90 Å². The maximum Gasteiger partial charge on any atom is 0.258 e. The molecule has 2 saturated carbocycles. The number of unbranched alkanes of at least 4 members (excludes halogenated alkanes) is 2. The van der Waals surface area contributed by atoms with E-state index in [-0.39, 0.29) is 11.8 Å². The number of benzene rings is 1. The fourth-order valence-corrected chi connectivity index (χ4v) is 5.37. The van der Waals surface area contributed by atoms with Gasteiger partial charge in [-0.3, -0.25) is 9.48 Å². The molecular formula is C29H37N5O3. The zero-order valence-corrected chi connectivity index (χ0v) is 21.8. The lowest BCUT2D eigenvalue weighted by molar-refractivity contribution is -0.126. The molecule has 0 radical (unpaired) electrons. The second-order valence-corrected chi connectivity index (χ2v) is 11.0. The van der Waals surface area contributed by atoms with Crippen molar-refractivity contribution in [2.24, 2.45) is 13.0 Å². The highest BCUT2D eigenvalue weighted by atomic mass is 16.5. The van der Waals surface area contributed by atoms with Gasteiger partial charge in [-0.1, -0.05) is 17.6 Å². The van der Waals surface area contributed by atoms with Gasteiger partial charge in [0, 0.05) is 49.0 Å². The second-order valence-electron chi connectivity index (χ2n) is 11.0. The quantitative estimate of drug-likeness (QED) is 0.326. The lowest BCUT2D eigenvalue weighted by atomic mass is 9.99. The van der Waals surface area contributed by atoms with E-state index in [1.165, 1.54) is 24.2 Å². The molecule has 6 rings (SSSR count). The van der Waals surface area contributed by atoms with Crippen LogP contribution in [0.25, 0.3) is 11.5 Å². The van der Waals surface area contributed by atoms with Gasteiger partial charge in [0.1, 0.15) is 0 Å². The van der Waals surface area contributed by atoms with Gasteiger partial charge in [0.05, 0.1) is 18.2 Å². The Morgan fingerprint density at radius 3 is 2.73 bits per heavy atom. The minimum atomic E-state index is -0.0864. The summed E-state index contributed by atoms with van der Waals surface area (Å²) in [6, 6.07) is 10.3. The molecule has 2 aromatic heterocycles. The second kappa shape index (κ2) is 10.8. The zero-order valence-electron chi connectivity index (χ0n) is 21.8. The molecule has 1 aromatic carbocycles. The number of anilines is 1. The maximum absolute atomic E-state index is 13.6. The van der Waals surface area contributed by atoms with E-state index in [9.17, 15) is 4.79 Å². The summed E-state index contributed by atoms with van der Waals surface area (Å²) >= 11 is 0. The largest absolute Gasteiger partial charge is 0.381 e. The first kappa shape index (κ1) is 24.3. The van der Waals surface area contributed by atoms with Crippen molar-refractivity contribution in [2.75, 3.05) is 24.7 Å². The highest BCUT2D eigenvalue weighted by Crippen LogP contribution is 2.40. The van der Waals surface area contributed by atoms with Crippen LogP contribution in [0, 0.1) is 5.92 Å². The molecule has 2 aliphatic carbocycles. The summed E-state index contributed by atoms with van der Waals surface area (Å²) in [4.78, 5) is 20.2. The number of hydrogen-bond donors (Lipinski definition) is 0. The van der Waals surface area contributed by atoms with Crippen molar-refractivity contribution in [1.82, 2.24) is 19.9 Å². The Labute approximate surface area is 218 Å². The third kappa shape index (κ3) is 5.79. The van der Waals surface area contributed by atoms with E-state index in [1.807, 2.05) is 29.2 Å². The molecule has 3 aliphatic rings. The third-order valence-corrected chi connectivity index (χ3v) is 7.84. The first-order chi connectivity index (χ1) is 18.2. The summed E-state index contributed by atoms with van der Waals surface area (Å²) in [5.41, 5.74) is 4.32. The van der Waals surface area contributed by atoms with Crippen molar-refractivity contribution >= 4 is 11.6 Å². The van der Waals surface area contributed by atoms with Crippen LogP contribution in [0.5, 0.6) is 0 Å². The molecule has 1 amide bonds. The van der Waals surface area contributed by atoms with Crippen LogP contribution in [0.2, 0.25) is 0 Å². The summed E-state index contributed by atoms with van der Waals surface area (Å²) in [6.45, 7) is 1.94. The zero-order chi connectivity index (χ0) is 25.2. The van der Waals surface area contributed by atoms with Crippen LogP contribution in [0.15, 0.2) is 34.9 Å². The predicted molar refractivity (Wildman–Crippen MR) is 140 cm³/mol. The van der Waals surface area contributed by atoms with Crippen LogP contribution in [-0.4, -0.2) is 45.6 Å². The summed E-state index contributed by atoms with van der Waals surface area (Å²) in [5.74, 6) is 2.55. The Morgan fingerprint density at radius 2 is 1.95 bits per heavy atom. The number of aromatic nitrogens is 4. The van der Waals surface area contributed by atoms with E-state index in [4.69, 9.17) is 14.4 Å². The standard InChI is InChI=1S/C29H37N5O3/c1-33-26(20-11-12-20)18-24(31-33)9-3-2-4-15-34(29(35)23-8-6-16-36-19-23)25-10-5-7-22(17-25)28-30-27(32-37-28)21-13-14-21/h5,7,10,17-18,20-21,23H,2-4,6,8-9,11-16,19H2,1H3. The van der Waals surface area contributed by atoms with E-state index < -0.39 is 0 Å². The molecule has 0 N–H and O–H groups in total. The lowest BCUT2D eigenvalue weighted by Gasteiger charge is -2.29. The van der Waals surface area contributed by atoms with E-state index >= 15 is 0 Å². The van der Waals surface area contributed by atoms with Crippen LogP contribution >= 0.6 is 0 Å². The first-order valence-corrected chi connectivity index (χ1v) is 14.0. The molecule has 1 unspecified atom stereocenters. The average Bonchev–Trinajstić information content (AvgIpc) is 3.87. The highest BCUT2D eigenvalue weighted by Gasteiger charge is 2.30. The summed E-state index contributed by atoms with van der Waals surface area (Å²) in [6.07, 6.45) is 10.7. The molecule has 3 heterocycles. The van der Waals surface area contributed by atoms with E-state index in [1.54, 1.807) is 0 Å². The number of nitrogens with zero attached hydrogens (tertiary/aromatic N) is 5. The molecule has 0 bridgehead atoms. The van der Waals surface area contributed by atoms with Crippen LogP contribution in [0.3, 0.4) is 0 Å². The Bertz CT molecular complexity index is 1220. The lowest BCUT2D eigenvalue weighted by Crippen LogP contribution is -2.40. The number of ether oxygens (including phenoxy) is 1. The molecule has 3 fully saturated rings. The number of rotatable bonds is 11. The van der Waals surface area contributed by atoms with E-state index in [2.05, 4.69) is 27.9 Å². The van der Waals surface area contributed by atoms with Gasteiger partial charge in [-0.15, -0.1) is 0 Å². The smallest absolute Gasteiger partial charge is 0.258 e. The number of hydrogen-bond acceptors (Lipinski definition) is 6. The molecule has 1 saturated heterocycles. The van der Waals surface area contributed by atoms with Gasteiger partial charge >= 0.3 is 0 Å². The molecular weight excluding hydrogens is 466 g/mol. The molecule has 37 heavy (non-hydrogen) atoms. The van der Waals surface area contributed by atoms with Crippen molar-refractivity contribution < 1.29 is 14.1 Å². The molecule has 3 aromatic rings. The van der Waals surface area contributed by atoms with Crippen molar-refractivity contribution in [2.45, 2.75) is 76.0 Å². The van der Waals surface area contributed by atoms with E-state index in [0.29, 0.717) is 25.0 Å². The minimum Gasteiger partial charge on any atom is -0.381 e. The fourth-order valence-electron chi connectivity index (χ4n) is 5.37.